The lowest BCUT2D eigenvalue weighted by Crippen LogP contribution is -2.54. The van der Waals surface area contributed by atoms with E-state index >= 15 is 0 Å². The number of ether oxygens (including phenoxy) is 8. The maximum absolute atomic E-state index is 9.01. The van der Waals surface area contributed by atoms with Gasteiger partial charge in [0.15, 0.2) is 12.6 Å². The highest BCUT2D eigenvalue weighted by Gasteiger charge is 2.56. The molecule has 8 aromatic carbocycles. The van der Waals surface area contributed by atoms with E-state index in [0.29, 0.717) is 52.9 Å². The van der Waals surface area contributed by atoms with Crippen molar-refractivity contribution in [3.05, 3.63) is 226 Å². The van der Waals surface area contributed by atoms with E-state index < -0.39 is 0 Å². The van der Waals surface area contributed by atoms with Crippen molar-refractivity contribution in [2.75, 3.05) is 0 Å². The predicted molar refractivity (Wildman–Crippen MR) is 471 cm³/mol. The number of hydrogen-bond donors (Lipinski definition) is 2. The molecule has 0 aromatic heterocycles. The number of hydrogen-bond acceptors (Lipinski definition) is 10. The number of rotatable bonds is 30. The first kappa shape index (κ1) is 91.2. The van der Waals surface area contributed by atoms with E-state index in [2.05, 4.69) is 206 Å². The number of phenolic OH excluding ortho intramolecular Hbond substituents is 2. The highest BCUT2D eigenvalue weighted by molar-refractivity contribution is 5.91. The number of benzene rings is 8. The molecule has 5 fully saturated rings. The fourth-order valence-corrected chi connectivity index (χ4v) is 17.1. The van der Waals surface area contributed by atoms with E-state index in [1.807, 2.05) is 90.1 Å². The molecular weight excluding hydrogens is 1400 g/mol. The molecule has 618 valence electrons. The van der Waals surface area contributed by atoms with Gasteiger partial charge in [-0.3, -0.25) is 0 Å². The zero-order valence-electron chi connectivity index (χ0n) is 73.1. The number of aromatic hydroxyl groups is 2. The summed E-state index contributed by atoms with van der Waals surface area (Å²) in [4.78, 5) is 0. The van der Waals surface area contributed by atoms with Crippen molar-refractivity contribution in [2.24, 2.45) is 29.1 Å². The van der Waals surface area contributed by atoms with Crippen LogP contribution in [0, 0.1) is 29.1 Å². The maximum atomic E-state index is 9.01. The molecule has 0 radical (unpaired) electrons. The van der Waals surface area contributed by atoms with E-state index in [4.69, 9.17) is 48.1 Å². The number of phenols is 2. The monoisotopic (exact) mass is 1540 g/mol. The Morgan fingerprint density at radius 3 is 1.01 bits per heavy atom. The lowest BCUT2D eigenvalue weighted by atomic mass is 9.49. The van der Waals surface area contributed by atoms with Gasteiger partial charge >= 0.3 is 0 Å². The Morgan fingerprint density at radius 2 is 0.673 bits per heavy atom. The van der Waals surface area contributed by atoms with Gasteiger partial charge in [0.05, 0.1) is 24.4 Å². The topological polar surface area (TPSA) is 114 Å². The van der Waals surface area contributed by atoms with Gasteiger partial charge in [-0.15, -0.1) is 0 Å². The van der Waals surface area contributed by atoms with Gasteiger partial charge in [0.25, 0.3) is 0 Å². The molecule has 11 unspecified atom stereocenters. The zero-order valence-corrected chi connectivity index (χ0v) is 73.1. The summed E-state index contributed by atoms with van der Waals surface area (Å²) in [5.74, 6) is 11.1. The van der Waals surface area contributed by atoms with Crippen molar-refractivity contribution >= 4 is 10.8 Å². The van der Waals surface area contributed by atoms with Crippen molar-refractivity contribution in [1.29, 1.82) is 0 Å². The SMILES string of the molecule is CCC(C)c1ccc(O)cc1.CCC(C)c1ccc(O)cc1.CCC(C)c1ccc(OC(C)OC(C)C)cc1.CCC(C)c1ccc(OC(C)OC(C)C)cc1.CCC(C)c1ccc(OC(OC(C)C)C23CC4CC(CC(C4)C2)C3)cc1.CCC(C)c1ccc(OC(OC2Cc3cccc4cccc2c34)C2CCCCC2)cc1. The third kappa shape index (κ3) is 28.2. The molecule has 0 saturated heterocycles. The molecule has 0 aliphatic heterocycles. The minimum Gasteiger partial charge on any atom is -0.508 e. The van der Waals surface area contributed by atoms with E-state index in [-0.39, 0.29) is 55.0 Å². The molecule has 5 saturated carbocycles. The minimum atomic E-state index is -0.204. The third-order valence-corrected chi connectivity index (χ3v) is 24.5. The Kier molecular flexibility index (Phi) is 37.0. The third-order valence-electron chi connectivity index (χ3n) is 24.5. The Labute approximate surface area is 684 Å². The van der Waals surface area contributed by atoms with Gasteiger partial charge in [0, 0.05) is 17.8 Å². The average Bonchev–Trinajstić information content (AvgIpc) is 1.36. The van der Waals surface area contributed by atoms with Crippen LogP contribution in [0.15, 0.2) is 182 Å². The van der Waals surface area contributed by atoms with Gasteiger partial charge in [-0.2, -0.15) is 0 Å². The fraction of sp³-hybridized carbons (Fsp3) is 0.553. The van der Waals surface area contributed by atoms with E-state index in [0.717, 1.165) is 79.3 Å². The molecule has 2 N–H and O–H groups in total. The van der Waals surface area contributed by atoms with Crippen molar-refractivity contribution in [1.82, 2.24) is 0 Å². The van der Waals surface area contributed by atoms with Crippen molar-refractivity contribution in [2.45, 2.75) is 339 Å². The van der Waals surface area contributed by atoms with Crippen LogP contribution in [0.2, 0.25) is 0 Å². The van der Waals surface area contributed by atoms with Gasteiger partial charge in [-0.25, -0.2) is 0 Å². The van der Waals surface area contributed by atoms with Crippen molar-refractivity contribution < 1.29 is 48.1 Å². The van der Waals surface area contributed by atoms with Crippen LogP contribution in [0.1, 0.15) is 334 Å². The summed E-state index contributed by atoms with van der Waals surface area (Å²) >= 11 is 0. The Balaban J connectivity index is 0.000000177. The molecule has 10 heteroatoms. The quantitative estimate of drug-likeness (QED) is 0.0422. The van der Waals surface area contributed by atoms with Crippen LogP contribution in [0.25, 0.3) is 10.8 Å². The maximum Gasteiger partial charge on any atom is 0.205 e. The van der Waals surface area contributed by atoms with Crippen molar-refractivity contribution in [3.8, 4) is 34.5 Å². The standard InChI is InChI=1S/C29H34O2.C24H36O2.2C15H24O2.2C10H14O/c1-3-20(2)21-15-17-25(18-16-21)30-29(23-9-5-4-6-10-23)31-27-19-24-13-7-11-22-12-8-14-26(27)28(22)24;1-5-17(4)21-6-8-22(9-7-21)26-23(25-16(2)3)24-13-18-10-19(14-24)12-20(11-18)15-24;2*1-6-12(4)14-7-9-15(10-8-14)17-13(5)16-11(2)3;2*1-3-8(2)9-4-6-10(11)7-5-9/h7-8,11-18,20,23,27,29H,3-6,9-10,19H2,1-2H3;6-9,16-20,23H,5,10-15H2,1-4H3;2*7-13H,6H2,1-5H3;2*4-8,11H,3H2,1-2H3. The first-order valence-electron chi connectivity index (χ1n) is 44.0. The normalized spacial score (nSPS) is 20.6. The molecular formula is C103H146O10. The summed E-state index contributed by atoms with van der Waals surface area (Å²) in [6.07, 6.45) is 22.4. The average molecular weight is 1540 g/mol. The van der Waals surface area contributed by atoms with Crippen LogP contribution in [0.3, 0.4) is 0 Å². The highest BCUT2D eigenvalue weighted by Crippen LogP contribution is 2.62. The molecule has 0 spiro atoms. The van der Waals surface area contributed by atoms with Crippen LogP contribution in [-0.4, -0.2) is 53.7 Å². The summed E-state index contributed by atoms with van der Waals surface area (Å²) in [5, 5.41) is 20.7. The second-order valence-corrected chi connectivity index (χ2v) is 34.5. The van der Waals surface area contributed by atoms with Crippen LogP contribution in [0.5, 0.6) is 34.5 Å². The highest BCUT2D eigenvalue weighted by atomic mass is 16.7. The summed E-state index contributed by atoms with van der Waals surface area (Å²) in [6.45, 7) is 42.8. The van der Waals surface area contributed by atoms with E-state index in [9.17, 15) is 0 Å². The van der Waals surface area contributed by atoms with Gasteiger partial charge in [-0.1, -0.05) is 212 Å². The summed E-state index contributed by atoms with van der Waals surface area (Å²) in [6, 6.07) is 62.1. The van der Waals surface area contributed by atoms with Gasteiger partial charge < -0.3 is 48.1 Å². The molecule has 8 aromatic rings. The Hall–Kier alpha value is -7.34. The minimum absolute atomic E-state index is 0.0763. The molecule has 10 nitrogen and oxygen atoms in total. The molecule has 14 rings (SSSR count). The predicted octanol–water partition coefficient (Wildman–Crippen LogP) is 29.0. The largest absolute Gasteiger partial charge is 0.508 e. The van der Waals surface area contributed by atoms with Crippen LogP contribution in [0.4, 0.5) is 0 Å². The smallest absolute Gasteiger partial charge is 0.205 e. The second kappa shape index (κ2) is 45.8. The summed E-state index contributed by atoms with van der Waals surface area (Å²) in [5.41, 5.74) is 11.1. The molecule has 11 atom stereocenters. The van der Waals surface area contributed by atoms with Gasteiger partial charge in [0.1, 0.15) is 34.5 Å². The Morgan fingerprint density at radius 1 is 0.354 bits per heavy atom. The lowest BCUT2D eigenvalue weighted by Gasteiger charge is -2.58. The summed E-state index contributed by atoms with van der Waals surface area (Å²) < 4.78 is 48.7. The first-order valence-corrected chi connectivity index (χ1v) is 44.0. The first-order chi connectivity index (χ1) is 54.2. The van der Waals surface area contributed by atoms with Gasteiger partial charge in [0.2, 0.25) is 12.6 Å². The van der Waals surface area contributed by atoms with Crippen LogP contribution in [-0.2, 0) is 25.4 Å². The van der Waals surface area contributed by atoms with E-state index in [1.54, 1.807) is 24.3 Å². The molecule has 6 aliphatic carbocycles. The zero-order chi connectivity index (χ0) is 81.7. The lowest BCUT2D eigenvalue weighted by molar-refractivity contribution is -0.227. The van der Waals surface area contributed by atoms with E-state index in [1.165, 1.54) is 132 Å². The molecule has 6 aliphatic rings. The van der Waals surface area contributed by atoms with Crippen molar-refractivity contribution in [3.63, 3.8) is 0 Å². The molecule has 0 heterocycles. The van der Waals surface area contributed by atoms with Gasteiger partial charge in [-0.05, 0) is 327 Å². The fourth-order valence-electron chi connectivity index (χ4n) is 17.1. The Bertz CT molecular complexity index is 3770. The van der Waals surface area contributed by atoms with Crippen LogP contribution < -0.4 is 18.9 Å². The summed E-state index contributed by atoms with van der Waals surface area (Å²) in [7, 11) is 0. The van der Waals surface area contributed by atoms with Crippen LogP contribution >= 0.6 is 0 Å². The molecule has 0 amide bonds. The second-order valence-electron chi connectivity index (χ2n) is 34.5. The molecule has 4 bridgehead atoms. The molecule has 113 heavy (non-hydrogen) atoms.